The third-order valence-corrected chi connectivity index (χ3v) is 5.58. The first-order chi connectivity index (χ1) is 11.3. The molecule has 0 atom stereocenters. The van der Waals surface area contributed by atoms with Crippen LogP contribution in [0.1, 0.15) is 59.8 Å². The van der Waals surface area contributed by atoms with E-state index in [1.54, 1.807) is 0 Å². The largest absolute Gasteiger partial charge is 0.354 e. The molecule has 2 amide bonds. The summed E-state index contributed by atoms with van der Waals surface area (Å²) < 4.78 is 0. The van der Waals surface area contributed by atoms with E-state index in [4.69, 9.17) is 0 Å². The van der Waals surface area contributed by atoms with Gasteiger partial charge in [-0.1, -0.05) is 20.3 Å². The smallest absolute Gasteiger partial charge is 0.225 e. The van der Waals surface area contributed by atoms with E-state index in [0.29, 0.717) is 19.6 Å². The quantitative estimate of drug-likeness (QED) is 0.837. The van der Waals surface area contributed by atoms with Gasteiger partial charge in [-0.05, 0) is 52.6 Å². The van der Waals surface area contributed by atoms with Crippen LogP contribution in [0.4, 0.5) is 0 Å². The molecule has 0 saturated carbocycles. The molecule has 5 heteroatoms. The molecule has 0 spiro atoms. The lowest BCUT2D eigenvalue weighted by Gasteiger charge is -2.41. The predicted octanol–water partition coefficient (Wildman–Crippen LogP) is 2.26. The van der Waals surface area contributed by atoms with Crippen molar-refractivity contribution < 1.29 is 9.59 Å². The predicted molar refractivity (Wildman–Crippen MR) is 96.7 cm³/mol. The molecule has 0 aliphatic carbocycles. The average Bonchev–Trinajstić information content (AvgIpc) is 2.60. The van der Waals surface area contributed by atoms with E-state index in [1.807, 2.05) is 18.7 Å². The molecule has 2 aliphatic heterocycles. The maximum absolute atomic E-state index is 12.5. The SMILES string of the molecule is CC(C)C(=O)N1CCC(C(=O)NCC(C)(C)N2CCCCC2)CC1. The molecule has 1 N–H and O–H groups in total. The van der Waals surface area contributed by atoms with Gasteiger partial charge in [-0.3, -0.25) is 14.5 Å². The van der Waals surface area contributed by atoms with Gasteiger partial charge in [0, 0.05) is 37.0 Å². The van der Waals surface area contributed by atoms with Gasteiger partial charge in [-0.25, -0.2) is 0 Å². The molecule has 2 rings (SSSR count). The third-order valence-electron chi connectivity index (χ3n) is 5.58. The third kappa shape index (κ3) is 4.95. The number of nitrogens with zero attached hydrogens (tertiary/aromatic N) is 2. The van der Waals surface area contributed by atoms with Crippen LogP contribution in [0.3, 0.4) is 0 Å². The lowest BCUT2D eigenvalue weighted by Crippen LogP contribution is -2.54. The van der Waals surface area contributed by atoms with Gasteiger partial charge in [0.15, 0.2) is 0 Å². The van der Waals surface area contributed by atoms with Crippen LogP contribution >= 0.6 is 0 Å². The van der Waals surface area contributed by atoms with Gasteiger partial charge in [-0.2, -0.15) is 0 Å². The van der Waals surface area contributed by atoms with Crippen LogP contribution < -0.4 is 5.32 Å². The number of likely N-dealkylation sites (tertiary alicyclic amines) is 2. The molecular formula is C19H35N3O2. The maximum atomic E-state index is 12.5. The van der Waals surface area contributed by atoms with Crippen LogP contribution in [0.15, 0.2) is 0 Å². The van der Waals surface area contributed by atoms with Crippen molar-refractivity contribution in [1.82, 2.24) is 15.1 Å². The number of rotatable bonds is 5. The van der Waals surface area contributed by atoms with Crippen molar-refractivity contribution in [2.24, 2.45) is 11.8 Å². The molecule has 2 fully saturated rings. The monoisotopic (exact) mass is 337 g/mol. The van der Waals surface area contributed by atoms with Crippen molar-refractivity contribution in [3.8, 4) is 0 Å². The van der Waals surface area contributed by atoms with Crippen molar-refractivity contribution in [3.63, 3.8) is 0 Å². The van der Waals surface area contributed by atoms with Gasteiger partial charge in [-0.15, -0.1) is 0 Å². The summed E-state index contributed by atoms with van der Waals surface area (Å²) in [6.07, 6.45) is 5.43. The molecular weight excluding hydrogens is 302 g/mol. The summed E-state index contributed by atoms with van der Waals surface area (Å²) in [5.41, 5.74) is 0.0182. The molecule has 0 aromatic heterocycles. The standard InChI is InChI=1S/C19H35N3O2/c1-15(2)18(24)21-12-8-16(9-13-21)17(23)20-14-19(3,4)22-10-6-5-7-11-22/h15-16H,5-14H2,1-4H3,(H,20,23). The summed E-state index contributed by atoms with van der Waals surface area (Å²) in [5.74, 6) is 0.468. The van der Waals surface area contributed by atoms with Gasteiger partial charge in [0.25, 0.3) is 0 Å². The second-order valence-corrected chi connectivity index (χ2v) is 8.33. The Bertz CT molecular complexity index is 434. The zero-order valence-corrected chi connectivity index (χ0v) is 15.9. The topological polar surface area (TPSA) is 52.7 Å². The highest BCUT2D eigenvalue weighted by Crippen LogP contribution is 2.22. The first-order valence-electron chi connectivity index (χ1n) is 9.63. The highest BCUT2D eigenvalue weighted by Gasteiger charge is 2.31. The van der Waals surface area contributed by atoms with Crippen LogP contribution in [0.25, 0.3) is 0 Å². The van der Waals surface area contributed by atoms with Gasteiger partial charge < -0.3 is 10.2 Å². The summed E-state index contributed by atoms with van der Waals surface area (Å²) in [6, 6.07) is 0. The molecule has 24 heavy (non-hydrogen) atoms. The van der Waals surface area contributed by atoms with Crippen LogP contribution in [-0.2, 0) is 9.59 Å². The van der Waals surface area contributed by atoms with Gasteiger partial charge in [0.05, 0.1) is 0 Å². The lowest BCUT2D eigenvalue weighted by atomic mass is 9.94. The molecule has 0 aromatic carbocycles. The Morgan fingerprint density at radius 3 is 2.17 bits per heavy atom. The summed E-state index contributed by atoms with van der Waals surface area (Å²) >= 11 is 0. The maximum Gasteiger partial charge on any atom is 0.225 e. The number of hydrogen-bond donors (Lipinski definition) is 1. The Hall–Kier alpha value is -1.10. The van der Waals surface area contributed by atoms with E-state index >= 15 is 0 Å². The molecule has 2 saturated heterocycles. The fourth-order valence-corrected chi connectivity index (χ4v) is 3.79. The highest BCUT2D eigenvalue weighted by molar-refractivity contribution is 5.80. The second-order valence-electron chi connectivity index (χ2n) is 8.33. The van der Waals surface area contributed by atoms with Crippen molar-refractivity contribution in [1.29, 1.82) is 0 Å². The van der Waals surface area contributed by atoms with Crippen molar-refractivity contribution in [2.75, 3.05) is 32.7 Å². The summed E-state index contributed by atoms with van der Waals surface area (Å²) in [7, 11) is 0. The van der Waals surface area contributed by atoms with E-state index in [1.165, 1.54) is 19.3 Å². The van der Waals surface area contributed by atoms with Gasteiger partial charge in [0.1, 0.15) is 0 Å². The first-order valence-corrected chi connectivity index (χ1v) is 9.63. The zero-order chi connectivity index (χ0) is 17.7. The number of nitrogens with one attached hydrogen (secondary N) is 1. The van der Waals surface area contributed by atoms with Crippen LogP contribution in [0.5, 0.6) is 0 Å². The molecule has 0 bridgehead atoms. The van der Waals surface area contributed by atoms with E-state index in [2.05, 4.69) is 24.1 Å². The van der Waals surface area contributed by atoms with E-state index < -0.39 is 0 Å². The summed E-state index contributed by atoms with van der Waals surface area (Å²) in [4.78, 5) is 28.9. The van der Waals surface area contributed by atoms with Gasteiger partial charge >= 0.3 is 0 Å². The van der Waals surface area contributed by atoms with Crippen LogP contribution in [-0.4, -0.2) is 59.9 Å². The first kappa shape index (κ1) is 19.2. The average molecular weight is 338 g/mol. The normalized spacial score (nSPS) is 21.1. The number of carbonyl (C=O) groups excluding carboxylic acids is 2. The van der Waals surface area contributed by atoms with E-state index in [0.717, 1.165) is 25.9 Å². The Kier molecular flexibility index (Phi) is 6.67. The minimum absolute atomic E-state index is 0.0182. The molecule has 0 unspecified atom stereocenters. The molecule has 5 nitrogen and oxygen atoms in total. The number of piperidine rings is 2. The van der Waals surface area contributed by atoms with Crippen molar-refractivity contribution in [2.45, 2.75) is 65.3 Å². The van der Waals surface area contributed by atoms with Crippen LogP contribution in [0.2, 0.25) is 0 Å². The van der Waals surface area contributed by atoms with E-state index in [-0.39, 0.29) is 29.2 Å². The fraction of sp³-hybridized carbons (Fsp3) is 0.895. The van der Waals surface area contributed by atoms with Crippen molar-refractivity contribution >= 4 is 11.8 Å². The summed E-state index contributed by atoms with van der Waals surface area (Å²) in [6.45, 7) is 12.7. The molecule has 138 valence electrons. The fourth-order valence-electron chi connectivity index (χ4n) is 3.79. The van der Waals surface area contributed by atoms with Gasteiger partial charge in [0.2, 0.25) is 11.8 Å². The second kappa shape index (κ2) is 8.32. The Morgan fingerprint density at radius 2 is 1.62 bits per heavy atom. The molecule has 2 heterocycles. The Labute approximate surface area is 147 Å². The van der Waals surface area contributed by atoms with Crippen molar-refractivity contribution in [3.05, 3.63) is 0 Å². The molecule has 0 radical (unpaired) electrons. The summed E-state index contributed by atoms with van der Waals surface area (Å²) in [5, 5.41) is 3.17. The minimum atomic E-state index is 0.0182. The minimum Gasteiger partial charge on any atom is -0.354 e. The molecule has 2 aliphatic rings. The van der Waals surface area contributed by atoms with Crippen LogP contribution in [0, 0.1) is 11.8 Å². The van der Waals surface area contributed by atoms with E-state index in [9.17, 15) is 9.59 Å². The molecule has 0 aromatic rings. The number of amides is 2. The zero-order valence-electron chi connectivity index (χ0n) is 15.9. The number of carbonyl (C=O) groups is 2. The Morgan fingerprint density at radius 1 is 1.04 bits per heavy atom. The highest BCUT2D eigenvalue weighted by atomic mass is 16.2. The Balaban J connectivity index is 1.76. The number of hydrogen-bond acceptors (Lipinski definition) is 3. The lowest BCUT2D eigenvalue weighted by molar-refractivity contribution is -0.138.